The lowest BCUT2D eigenvalue weighted by Gasteiger charge is -2.21. The van der Waals surface area contributed by atoms with Gasteiger partial charge in [-0.2, -0.15) is 9.78 Å². The monoisotopic (exact) mass is 643 g/mol. The molecule has 0 fully saturated rings. The Morgan fingerprint density at radius 3 is 2.40 bits per heavy atom. The highest BCUT2D eigenvalue weighted by atomic mass is 79.9. The van der Waals surface area contributed by atoms with Crippen LogP contribution in [-0.2, 0) is 21.2 Å². The SMILES string of the molecule is CC(=O)Nc1ccc(S(=O)(=O)NC(Cc2ccccc2)c2nc3ccccc3c(=O)n2/N=C/c2cccc(Br)c2)cc1. The average molecular weight is 645 g/mol. The van der Waals surface area contributed by atoms with Crippen molar-refractivity contribution in [2.24, 2.45) is 5.10 Å². The number of rotatable bonds is 9. The lowest BCUT2D eigenvalue weighted by atomic mass is 10.1. The minimum absolute atomic E-state index is 0.0120. The summed E-state index contributed by atoms with van der Waals surface area (Å²) in [6, 6.07) is 28.4. The van der Waals surface area contributed by atoms with Gasteiger partial charge in [-0.05, 0) is 66.1 Å². The highest BCUT2D eigenvalue weighted by molar-refractivity contribution is 9.10. The third kappa shape index (κ3) is 6.88. The lowest BCUT2D eigenvalue weighted by Crippen LogP contribution is -2.35. The van der Waals surface area contributed by atoms with E-state index >= 15 is 0 Å². The number of benzene rings is 4. The van der Waals surface area contributed by atoms with Gasteiger partial charge in [-0.15, -0.1) is 0 Å². The lowest BCUT2D eigenvalue weighted by molar-refractivity contribution is -0.114. The van der Waals surface area contributed by atoms with Gasteiger partial charge in [0, 0.05) is 17.1 Å². The molecule has 0 aliphatic rings. The van der Waals surface area contributed by atoms with Gasteiger partial charge in [-0.3, -0.25) is 9.59 Å². The number of halogens is 1. The van der Waals surface area contributed by atoms with Crippen molar-refractivity contribution in [3.05, 3.63) is 135 Å². The average Bonchev–Trinajstić information content (AvgIpc) is 2.97. The first-order valence-corrected chi connectivity index (χ1v) is 15.2. The summed E-state index contributed by atoms with van der Waals surface area (Å²) in [5.41, 5.74) is 2.02. The van der Waals surface area contributed by atoms with Crippen LogP contribution in [0, 0.1) is 0 Å². The van der Waals surface area contributed by atoms with Crippen LogP contribution < -0.4 is 15.6 Å². The zero-order chi connectivity index (χ0) is 29.7. The van der Waals surface area contributed by atoms with E-state index < -0.39 is 21.6 Å². The van der Waals surface area contributed by atoms with Gasteiger partial charge in [0.05, 0.1) is 28.1 Å². The predicted molar refractivity (Wildman–Crippen MR) is 167 cm³/mol. The molecular weight excluding hydrogens is 618 g/mol. The minimum Gasteiger partial charge on any atom is -0.326 e. The van der Waals surface area contributed by atoms with E-state index in [-0.39, 0.29) is 23.0 Å². The van der Waals surface area contributed by atoms with E-state index in [0.717, 1.165) is 20.3 Å². The quantitative estimate of drug-likeness (QED) is 0.212. The first-order valence-electron chi connectivity index (χ1n) is 13.0. The molecule has 0 spiro atoms. The number of aromatic nitrogens is 2. The minimum atomic E-state index is -4.10. The second kappa shape index (κ2) is 12.6. The largest absolute Gasteiger partial charge is 0.326 e. The van der Waals surface area contributed by atoms with Crippen LogP contribution in [0.15, 0.2) is 122 Å². The van der Waals surface area contributed by atoms with Crippen molar-refractivity contribution < 1.29 is 13.2 Å². The zero-order valence-electron chi connectivity index (χ0n) is 22.4. The number of carbonyl (C=O) groups is 1. The Balaban J connectivity index is 1.63. The molecule has 1 aromatic heterocycles. The highest BCUT2D eigenvalue weighted by Crippen LogP contribution is 2.23. The summed E-state index contributed by atoms with van der Waals surface area (Å²) in [4.78, 5) is 29.9. The molecule has 11 heteroatoms. The van der Waals surface area contributed by atoms with Gasteiger partial charge in [-0.25, -0.2) is 18.1 Å². The van der Waals surface area contributed by atoms with E-state index in [2.05, 4.69) is 31.1 Å². The molecule has 212 valence electrons. The number of nitrogens with one attached hydrogen (secondary N) is 2. The standard InChI is InChI=1S/C31H26BrN5O4S/c1-21(38)34-25-14-16-26(17-15-25)42(40,41)36-29(19-22-8-3-2-4-9-22)30-35-28-13-6-5-12-27(28)31(39)37(30)33-20-23-10-7-11-24(32)18-23/h2-18,20,29,36H,19H2,1H3,(H,34,38)/b33-20+. The van der Waals surface area contributed by atoms with Crippen LogP contribution in [0.4, 0.5) is 5.69 Å². The number of hydrogen-bond acceptors (Lipinski definition) is 6. The fourth-order valence-electron chi connectivity index (χ4n) is 4.40. The summed E-state index contributed by atoms with van der Waals surface area (Å²) >= 11 is 3.44. The van der Waals surface area contributed by atoms with Crippen molar-refractivity contribution in [1.29, 1.82) is 0 Å². The Kier molecular flexibility index (Phi) is 8.72. The van der Waals surface area contributed by atoms with Crippen LogP contribution in [-0.4, -0.2) is 30.2 Å². The topological polar surface area (TPSA) is 123 Å². The van der Waals surface area contributed by atoms with Crippen LogP contribution in [0.25, 0.3) is 10.9 Å². The van der Waals surface area contributed by atoms with Gasteiger partial charge < -0.3 is 5.32 Å². The molecule has 1 unspecified atom stereocenters. The number of carbonyl (C=O) groups excluding carboxylic acids is 1. The zero-order valence-corrected chi connectivity index (χ0v) is 24.8. The van der Waals surface area contributed by atoms with Crippen molar-refractivity contribution in [2.45, 2.75) is 24.3 Å². The Hall–Kier alpha value is -4.45. The number of anilines is 1. The van der Waals surface area contributed by atoms with Gasteiger partial charge in [0.1, 0.15) is 0 Å². The number of fused-ring (bicyclic) bond motifs is 1. The maximum atomic E-state index is 13.7. The Morgan fingerprint density at radius 1 is 0.976 bits per heavy atom. The van der Waals surface area contributed by atoms with Crippen LogP contribution in [0.1, 0.15) is 29.9 Å². The molecule has 5 rings (SSSR count). The maximum Gasteiger partial charge on any atom is 0.282 e. The van der Waals surface area contributed by atoms with E-state index in [1.54, 1.807) is 24.3 Å². The van der Waals surface area contributed by atoms with Gasteiger partial charge in [0.15, 0.2) is 5.82 Å². The smallest absolute Gasteiger partial charge is 0.282 e. The van der Waals surface area contributed by atoms with E-state index in [1.807, 2.05) is 54.6 Å². The molecule has 4 aromatic carbocycles. The summed E-state index contributed by atoms with van der Waals surface area (Å²) < 4.78 is 32.1. The summed E-state index contributed by atoms with van der Waals surface area (Å²) in [7, 11) is -4.10. The molecule has 0 bridgehead atoms. The second-order valence-corrected chi connectivity index (χ2v) is 12.1. The first-order chi connectivity index (χ1) is 20.2. The summed E-state index contributed by atoms with van der Waals surface area (Å²) in [5.74, 6) is -0.136. The van der Waals surface area contributed by atoms with Crippen molar-refractivity contribution >= 4 is 54.7 Å². The van der Waals surface area contributed by atoms with Crippen molar-refractivity contribution in [3.8, 4) is 0 Å². The number of hydrogen-bond donors (Lipinski definition) is 2. The molecule has 5 aromatic rings. The van der Waals surface area contributed by atoms with Crippen LogP contribution >= 0.6 is 15.9 Å². The Bertz CT molecular complexity index is 1940. The van der Waals surface area contributed by atoms with E-state index in [4.69, 9.17) is 4.98 Å². The molecule has 0 radical (unpaired) electrons. The third-order valence-electron chi connectivity index (χ3n) is 6.33. The van der Waals surface area contributed by atoms with Crippen LogP contribution in [0.2, 0.25) is 0 Å². The molecule has 0 saturated heterocycles. The molecule has 1 amide bonds. The number of amides is 1. The van der Waals surface area contributed by atoms with Crippen molar-refractivity contribution in [1.82, 2.24) is 14.4 Å². The molecule has 0 aliphatic carbocycles. The van der Waals surface area contributed by atoms with Crippen LogP contribution in [0.3, 0.4) is 0 Å². The molecule has 2 N–H and O–H groups in total. The molecule has 9 nitrogen and oxygen atoms in total. The highest BCUT2D eigenvalue weighted by Gasteiger charge is 2.27. The fourth-order valence-corrected chi connectivity index (χ4v) is 6.01. The van der Waals surface area contributed by atoms with Crippen molar-refractivity contribution in [3.63, 3.8) is 0 Å². The number of sulfonamides is 1. The van der Waals surface area contributed by atoms with Gasteiger partial charge in [0.25, 0.3) is 5.56 Å². The van der Waals surface area contributed by atoms with Crippen molar-refractivity contribution in [2.75, 3.05) is 5.32 Å². The summed E-state index contributed by atoms with van der Waals surface area (Å²) in [6.45, 7) is 1.37. The Morgan fingerprint density at radius 2 is 1.69 bits per heavy atom. The van der Waals surface area contributed by atoms with Gasteiger partial charge >= 0.3 is 0 Å². The molecule has 1 heterocycles. The second-order valence-electron chi connectivity index (χ2n) is 9.47. The molecule has 0 aliphatic heterocycles. The van der Waals surface area contributed by atoms with Gasteiger partial charge in [-0.1, -0.05) is 70.5 Å². The fraction of sp³-hybridized carbons (Fsp3) is 0.0968. The third-order valence-corrected chi connectivity index (χ3v) is 8.31. The van der Waals surface area contributed by atoms with E-state index in [1.165, 1.54) is 37.4 Å². The van der Waals surface area contributed by atoms with E-state index in [0.29, 0.717) is 16.6 Å². The Labute approximate surface area is 251 Å². The van der Waals surface area contributed by atoms with Crippen LogP contribution in [0.5, 0.6) is 0 Å². The predicted octanol–water partition coefficient (Wildman–Crippen LogP) is 5.26. The van der Waals surface area contributed by atoms with Gasteiger partial charge in [0.2, 0.25) is 15.9 Å². The molecular formula is C31H26BrN5O4S. The first kappa shape index (κ1) is 29.1. The number of nitrogens with zero attached hydrogens (tertiary/aromatic N) is 3. The molecule has 1 atom stereocenters. The maximum absolute atomic E-state index is 13.7. The summed E-state index contributed by atoms with van der Waals surface area (Å²) in [5, 5.41) is 7.47. The molecule has 0 saturated carbocycles. The molecule has 42 heavy (non-hydrogen) atoms. The number of para-hydroxylation sites is 1. The summed E-state index contributed by atoms with van der Waals surface area (Å²) in [6.07, 6.45) is 1.72. The van der Waals surface area contributed by atoms with E-state index in [9.17, 15) is 18.0 Å². The normalized spacial score (nSPS) is 12.4.